The van der Waals surface area contributed by atoms with Crippen molar-refractivity contribution in [2.24, 2.45) is 5.92 Å². The lowest BCUT2D eigenvalue weighted by molar-refractivity contribution is 0.105. The van der Waals surface area contributed by atoms with Crippen molar-refractivity contribution >= 4 is 0 Å². The molecule has 2 rings (SSSR count). The molecule has 0 bridgehead atoms. The first-order chi connectivity index (χ1) is 9.74. The predicted octanol–water partition coefficient (Wildman–Crippen LogP) is 2.61. The smallest absolute Gasteiger partial charge is 0.161 e. The van der Waals surface area contributed by atoms with Crippen LogP contribution in [0.15, 0.2) is 18.2 Å². The molecule has 4 heteroatoms. The fraction of sp³-hybridized carbons (Fsp3) is 0.625. The molecule has 4 nitrogen and oxygen atoms in total. The second-order valence-electron chi connectivity index (χ2n) is 5.17. The van der Waals surface area contributed by atoms with Gasteiger partial charge in [0.25, 0.3) is 0 Å². The summed E-state index contributed by atoms with van der Waals surface area (Å²) in [6, 6.07) is 6.08. The topological polar surface area (TPSA) is 39.7 Å². The molecule has 20 heavy (non-hydrogen) atoms. The lowest BCUT2D eigenvalue weighted by Crippen LogP contribution is -2.26. The Labute approximate surface area is 121 Å². The largest absolute Gasteiger partial charge is 0.493 e. The monoisotopic (exact) mass is 279 g/mol. The summed E-state index contributed by atoms with van der Waals surface area (Å²) in [5, 5.41) is 3.50. The van der Waals surface area contributed by atoms with Crippen LogP contribution in [0.1, 0.15) is 25.8 Å². The van der Waals surface area contributed by atoms with Gasteiger partial charge in [-0.3, -0.25) is 0 Å². The normalized spacial score (nSPS) is 21.9. The third kappa shape index (κ3) is 3.87. The number of hydrogen-bond acceptors (Lipinski definition) is 4. The van der Waals surface area contributed by atoms with Gasteiger partial charge in [0.05, 0.1) is 19.8 Å². The number of benzene rings is 1. The lowest BCUT2D eigenvalue weighted by atomic mass is 10.0. The van der Waals surface area contributed by atoms with Gasteiger partial charge in [-0.05, 0) is 43.9 Å². The summed E-state index contributed by atoms with van der Waals surface area (Å²) >= 11 is 0. The zero-order chi connectivity index (χ0) is 14.4. The molecule has 0 spiro atoms. The third-order valence-corrected chi connectivity index (χ3v) is 3.80. The molecule has 1 fully saturated rings. The maximum absolute atomic E-state index is 5.59. The molecule has 1 aliphatic rings. The maximum atomic E-state index is 5.59. The zero-order valence-electron chi connectivity index (χ0n) is 12.6. The van der Waals surface area contributed by atoms with Gasteiger partial charge in [0.15, 0.2) is 11.5 Å². The molecule has 2 atom stereocenters. The van der Waals surface area contributed by atoms with E-state index in [0.29, 0.717) is 18.6 Å². The van der Waals surface area contributed by atoms with Crippen molar-refractivity contribution in [1.82, 2.24) is 5.32 Å². The van der Waals surface area contributed by atoms with Crippen molar-refractivity contribution in [1.29, 1.82) is 0 Å². The van der Waals surface area contributed by atoms with Crippen LogP contribution < -0.4 is 14.8 Å². The van der Waals surface area contributed by atoms with Gasteiger partial charge in [-0.15, -0.1) is 0 Å². The minimum Gasteiger partial charge on any atom is -0.493 e. The summed E-state index contributed by atoms with van der Waals surface area (Å²) in [5.74, 6) is 2.22. The second-order valence-corrected chi connectivity index (χ2v) is 5.17. The molecule has 1 saturated heterocycles. The van der Waals surface area contributed by atoms with E-state index < -0.39 is 0 Å². The van der Waals surface area contributed by atoms with Crippen LogP contribution in [0, 0.1) is 5.92 Å². The van der Waals surface area contributed by atoms with Crippen LogP contribution in [0.2, 0.25) is 0 Å². The Morgan fingerprint density at radius 3 is 2.85 bits per heavy atom. The number of hydrogen-bond donors (Lipinski definition) is 1. The van der Waals surface area contributed by atoms with Crippen molar-refractivity contribution in [3.05, 3.63) is 23.8 Å². The first kappa shape index (κ1) is 15.1. The fourth-order valence-corrected chi connectivity index (χ4v) is 2.55. The Morgan fingerprint density at radius 2 is 2.20 bits per heavy atom. The molecule has 1 N–H and O–H groups in total. The average molecular weight is 279 g/mol. The van der Waals surface area contributed by atoms with E-state index in [2.05, 4.69) is 18.3 Å². The van der Waals surface area contributed by atoms with E-state index in [1.54, 1.807) is 7.11 Å². The molecule has 1 heterocycles. The standard InChI is InChI=1S/C16H25NO3/c1-4-19-16-9-13(5-6-15(16)18-3)10-17-11-14-7-8-20-12(14)2/h5-6,9,12,14,17H,4,7-8,10-11H2,1-3H3. The van der Waals surface area contributed by atoms with Gasteiger partial charge < -0.3 is 19.5 Å². The van der Waals surface area contributed by atoms with E-state index >= 15 is 0 Å². The lowest BCUT2D eigenvalue weighted by Gasteiger charge is -2.15. The number of ether oxygens (including phenoxy) is 3. The van der Waals surface area contributed by atoms with Gasteiger partial charge >= 0.3 is 0 Å². The van der Waals surface area contributed by atoms with Gasteiger partial charge in [0.1, 0.15) is 0 Å². The van der Waals surface area contributed by atoms with Gasteiger partial charge in [-0.25, -0.2) is 0 Å². The summed E-state index contributed by atoms with van der Waals surface area (Å²) < 4.78 is 16.5. The van der Waals surface area contributed by atoms with Crippen molar-refractivity contribution < 1.29 is 14.2 Å². The van der Waals surface area contributed by atoms with Crippen LogP contribution >= 0.6 is 0 Å². The van der Waals surface area contributed by atoms with Gasteiger partial charge in [0.2, 0.25) is 0 Å². The quantitative estimate of drug-likeness (QED) is 0.833. The van der Waals surface area contributed by atoms with E-state index in [1.165, 1.54) is 5.56 Å². The molecule has 0 radical (unpaired) electrons. The van der Waals surface area contributed by atoms with Crippen LogP contribution in [0.25, 0.3) is 0 Å². The molecule has 2 unspecified atom stereocenters. The Bertz CT molecular complexity index is 422. The summed E-state index contributed by atoms with van der Waals surface area (Å²) in [6.07, 6.45) is 1.53. The van der Waals surface area contributed by atoms with Crippen LogP contribution in [-0.2, 0) is 11.3 Å². The Hall–Kier alpha value is -1.26. The molecule has 0 aliphatic carbocycles. The number of nitrogens with one attached hydrogen (secondary N) is 1. The van der Waals surface area contributed by atoms with Crippen molar-refractivity contribution in [2.75, 3.05) is 26.9 Å². The molecular weight excluding hydrogens is 254 g/mol. The molecule has 0 amide bonds. The van der Waals surface area contributed by atoms with E-state index in [1.807, 2.05) is 19.1 Å². The van der Waals surface area contributed by atoms with Crippen LogP contribution in [-0.4, -0.2) is 33.0 Å². The molecule has 1 aliphatic heterocycles. The molecule has 1 aromatic carbocycles. The maximum Gasteiger partial charge on any atom is 0.161 e. The molecular formula is C16H25NO3. The van der Waals surface area contributed by atoms with Gasteiger partial charge in [-0.2, -0.15) is 0 Å². The number of rotatable bonds is 7. The zero-order valence-corrected chi connectivity index (χ0v) is 12.6. The minimum atomic E-state index is 0.373. The fourth-order valence-electron chi connectivity index (χ4n) is 2.55. The molecule has 1 aromatic rings. The molecule has 112 valence electrons. The summed E-state index contributed by atoms with van der Waals surface area (Å²) in [5.41, 5.74) is 1.21. The van der Waals surface area contributed by atoms with Crippen LogP contribution in [0.4, 0.5) is 0 Å². The number of methoxy groups -OCH3 is 1. The van der Waals surface area contributed by atoms with E-state index in [-0.39, 0.29) is 0 Å². The van der Waals surface area contributed by atoms with Crippen LogP contribution in [0.5, 0.6) is 11.5 Å². The highest BCUT2D eigenvalue weighted by molar-refractivity contribution is 5.42. The first-order valence-electron chi connectivity index (χ1n) is 7.36. The summed E-state index contributed by atoms with van der Waals surface area (Å²) in [4.78, 5) is 0. The van der Waals surface area contributed by atoms with Crippen molar-refractivity contribution in [2.45, 2.75) is 32.9 Å². The Morgan fingerprint density at radius 1 is 1.35 bits per heavy atom. The molecule has 0 aromatic heterocycles. The highest BCUT2D eigenvalue weighted by atomic mass is 16.5. The van der Waals surface area contributed by atoms with E-state index in [0.717, 1.165) is 37.6 Å². The summed E-state index contributed by atoms with van der Waals surface area (Å²) in [6.45, 7) is 7.50. The van der Waals surface area contributed by atoms with Gasteiger partial charge in [-0.1, -0.05) is 6.07 Å². The minimum absolute atomic E-state index is 0.373. The highest BCUT2D eigenvalue weighted by Crippen LogP contribution is 2.28. The van der Waals surface area contributed by atoms with Crippen molar-refractivity contribution in [3.63, 3.8) is 0 Å². The third-order valence-electron chi connectivity index (χ3n) is 3.80. The summed E-state index contributed by atoms with van der Waals surface area (Å²) in [7, 11) is 1.66. The second kappa shape index (κ2) is 7.50. The molecule has 0 saturated carbocycles. The van der Waals surface area contributed by atoms with Crippen molar-refractivity contribution in [3.8, 4) is 11.5 Å². The Kier molecular flexibility index (Phi) is 5.68. The first-order valence-corrected chi connectivity index (χ1v) is 7.36. The van der Waals surface area contributed by atoms with Crippen LogP contribution in [0.3, 0.4) is 0 Å². The van der Waals surface area contributed by atoms with E-state index in [9.17, 15) is 0 Å². The highest BCUT2D eigenvalue weighted by Gasteiger charge is 2.23. The average Bonchev–Trinajstić information content (AvgIpc) is 2.85. The van der Waals surface area contributed by atoms with Gasteiger partial charge in [0, 0.05) is 19.7 Å². The predicted molar refractivity (Wildman–Crippen MR) is 79.4 cm³/mol. The Balaban J connectivity index is 1.87. The van der Waals surface area contributed by atoms with E-state index in [4.69, 9.17) is 14.2 Å². The SMILES string of the molecule is CCOc1cc(CNCC2CCOC2C)ccc1OC.